The van der Waals surface area contributed by atoms with Gasteiger partial charge in [-0.2, -0.15) is 0 Å². The van der Waals surface area contributed by atoms with Gasteiger partial charge in [-0.15, -0.1) is 0 Å². The number of carbonyl (C=O) groups excluding carboxylic acids is 1. The molecular formula is C93H181NO18. The third kappa shape index (κ3) is 51.4. The van der Waals surface area contributed by atoms with Crippen molar-refractivity contribution in [3.63, 3.8) is 0 Å². The number of aliphatic hydroxyl groups excluding tert-OH is 11. The third-order valence-electron chi connectivity index (χ3n) is 24.7. The van der Waals surface area contributed by atoms with Crippen LogP contribution in [0.4, 0.5) is 0 Å². The molecule has 0 aromatic heterocycles. The predicted molar refractivity (Wildman–Crippen MR) is 453 cm³/mol. The number of nitrogens with one attached hydrogen (secondary N) is 1. The molecule has 112 heavy (non-hydrogen) atoms. The maximum absolute atomic E-state index is 13.6. The number of hydrogen-bond donors (Lipinski definition) is 12. The molecule has 3 aliphatic heterocycles. The minimum atomic E-state index is -1.97. The summed E-state index contributed by atoms with van der Waals surface area (Å²) < 4.78 is 34.6. The Hall–Kier alpha value is -1.21. The lowest BCUT2D eigenvalue weighted by atomic mass is 9.96. The Balaban J connectivity index is 1.29. The highest BCUT2D eigenvalue weighted by Gasteiger charge is 2.54. The van der Waals surface area contributed by atoms with Crippen molar-refractivity contribution >= 4 is 5.91 Å². The van der Waals surface area contributed by atoms with Crippen molar-refractivity contribution in [2.45, 2.75) is 561 Å². The van der Waals surface area contributed by atoms with Crippen LogP contribution in [0.1, 0.15) is 457 Å². The second-order valence-corrected chi connectivity index (χ2v) is 34.9. The molecule has 19 heteroatoms. The number of rotatable bonds is 81. The molecule has 0 aromatic carbocycles. The van der Waals surface area contributed by atoms with Crippen LogP contribution in [0, 0.1) is 0 Å². The maximum Gasteiger partial charge on any atom is 0.220 e. The lowest BCUT2D eigenvalue weighted by molar-refractivity contribution is -0.379. The standard InChI is InChI=1S/C93H181NO18/c1-3-5-7-9-11-13-15-17-19-21-23-25-27-29-31-33-35-37-39-41-43-45-47-49-51-53-55-57-59-61-63-65-67-69-71-81(99)94-76(77(98)70-68-66-64-62-60-58-56-54-52-50-48-46-44-42-40-38-36-34-32-30-28-26-24-22-20-18-16-14-12-10-8-6-4-2)75-107-91-87(105)84(102)89(79(73-96)109-91)112-93-88(106)85(103)90(80(74-97)110-93)111-92-86(104)83(101)82(100)78(72-95)108-92/h76-80,82-93,95-98,100-106H,3-75H2,1-2H3,(H,94,99). The predicted octanol–water partition coefficient (Wildman–Crippen LogP) is 19.3. The Bertz CT molecular complexity index is 2010. The molecule has 0 aromatic rings. The first kappa shape index (κ1) is 105. The fourth-order valence-corrected chi connectivity index (χ4v) is 17.0. The van der Waals surface area contributed by atoms with Crippen LogP contribution in [0.5, 0.6) is 0 Å². The zero-order valence-electron chi connectivity index (χ0n) is 72.2. The van der Waals surface area contributed by atoms with Gasteiger partial charge in [-0.25, -0.2) is 0 Å². The van der Waals surface area contributed by atoms with E-state index in [1.807, 2.05) is 0 Å². The van der Waals surface area contributed by atoms with Crippen molar-refractivity contribution in [1.29, 1.82) is 0 Å². The summed E-state index contributed by atoms with van der Waals surface area (Å²) in [5.74, 6) is -0.230. The van der Waals surface area contributed by atoms with E-state index in [1.54, 1.807) is 0 Å². The summed E-state index contributed by atoms with van der Waals surface area (Å²) in [5, 5.41) is 122. The Labute approximate surface area is 684 Å². The van der Waals surface area contributed by atoms with E-state index in [2.05, 4.69) is 19.2 Å². The lowest BCUT2D eigenvalue weighted by Crippen LogP contribution is -2.66. The minimum absolute atomic E-state index is 0.230. The average molecular weight is 1600 g/mol. The molecule has 0 saturated carbocycles. The molecule has 19 nitrogen and oxygen atoms in total. The topological polar surface area (TPSA) is 307 Å². The van der Waals surface area contributed by atoms with Gasteiger partial charge in [-0.3, -0.25) is 4.79 Å². The van der Waals surface area contributed by atoms with Crippen molar-refractivity contribution in [3.8, 4) is 0 Å². The van der Waals surface area contributed by atoms with Crippen LogP contribution in [-0.2, 0) is 33.2 Å². The number of amides is 1. The minimum Gasteiger partial charge on any atom is -0.394 e. The molecule has 0 aliphatic carbocycles. The number of ether oxygens (including phenoxy) is 6. The van der Waals surface area contributed by atoms with Crippen LogP contribution < -0.4 is 5.32 Å². The smallest absolute Gasteiger partial charge is 0.220 e. The molecule has 3 saturated heterocycles. The highest BCUT2D eigenvalue weighted by atomic mass is 16.8. The Morgan fingerprint density at radius 3 is 0.777 bits per heavy atom. The van der Waals surface area contributed by atoms with E-state index in [9.17, 15) is 61.0 Å². The van der Waals surface area contributed by atoms with E-state index in [0.29, 0.717) is 12.8 Å². The van der Waals surface area contributed by atoms with Gasteiger partial charge < -0.3 is 89.9 Å². The second-order valence-electron chi connectivity index (χ2n) is 34.9. The average Bonchev–Trinajstić information content (AvgIpc) is 0.781. The molecule has 0 bridgehead atoms. The lowest BCUT2D eigenvalue weighted by Gasteiger charge is -2.48. The van der Waals surface area contributed by atoms with E-state index >= 15 is 0 Å². The van der Waals surface area contributed by atoms with Crippen molar-refractivity contribution in [1.82, 2.24) is 5.32 Å². The first-order chi connectivity index (χ1) is 54.8. The van der Waals surface area contributed by atoms with Gasteiger partial charge in [0.1, 0.15) is 73.2 Å². The number of carbonyl (C=O) groups is 1. The van der Waals surface area contributed by atoms with E-state index in [0.717, 1.165) is 44.9 Å². The number of aliphatic hydroxyl groups is 11. The van der Waals surface area contributed by atoms with Gasteiger partial charge >= 0.3 is 0 Å². The summed E-state index contributed by atoms with van der Waals surface area (Å²) in [4.78, 5) is 13.6. The largest absolute Gasteiger partial charge is 0.394 e. The summed E-state index contributed by atoms with van der Waals surface area (Å²) >= 11 is 0. The van der Waals surface area contributed by atoms with Crippen molar-refractivity contribution < 1.29 is 89.4 Å². The van der Waals surface area contributed by atoms with Crippen LogP contribution in [0.3, 0.4) is 0 Å². The zero-order valence-corrected chi connectivity index (χ0v) is 72.2. The molecule has 3 heterocycles. The summed E-state index contributed by atoms with van der Waals surface area (Å²) in [5.41, 5.74) is 0. The van der Waals surface area contributed by atoms with E-state index in [4.69, 9.17) is 28.4 Å². The molecule has 17 atom stereocenters. The van der Waals surface area contributed by atoms with Gasteiger partial charge in [0.05, 0.1) is 38.6 Å². The molecular weight excluding hydrogens is 1420 g/mol. The molecule has 12 N–H and O–H groups in total. The molecule has 3 fully saturated rings. The Kier molecular flexibility index (Phi) is 69.1. The van der Waals surface area contributed by atoms with E-state index in [1.165, 1.54) is 379 Å². The highest BCUT2D eigenvalue weighted by Crippen LogP contribution is 2.34. The summed E-state index contributed by atoms with van der Waals surface area (Å²) in [6, 6.07) is -0.885. The fourth-order valence-electron chi connectivity index (χ4n) is 17.0. The monoisotopic (exact) mass is 1600 g/mol. The van der Waals surface area contributed by atoms with Gasteiger partial charge in [0.2, 0.25) is 5.91 Å². The molecule has 0 spiro atoms. The SMILES string of the molecule is CCCCCCCCCCCCCCCCCCCCCCCCCCCCCCCCCCCCC(=O)NC(COC1OC(CO)C(OC2OC(CO)C(OC3OC(CO)C(O)C(O)C3O)C(O)C2O)C(O)C1O)C(O)CCCCCCCCCCCCCCCCCCCCCCCCCCCCCCCCCCC. The maximum atomic E-state index is 13.6. The molecule has 666 valence electrons. The van der Waals surface area contributed by atoms with E-state index in [-0.39, 0.29) is 18.9 Å². The first-order valence-corrected chi connectivity index (χ1v) is 48.3. The van der Waals surface area contributed by atoms with Crippen LogP contribution in [0.25, 0.3) is 0 Å². The van der Waals surface area contributed by atoms with Crippen molar-refractivity contribution in [3.05, 3.63) is 0 Å². The van der Waals surface area contributed by atoms with Crippen LogP contribution in [0.2, 0.25) is 0 Å². The highest BCUT2D eigenvalue weighted by molar-refractivity contribution is 5.76. The molecule has 3 aliphatic rings. The molecule has 3 rings (SSSR count). The van der Waals surface area contributed by atoms with Gasteiger partial charge in [-0.1, -0.05) is 438 Å². The van der Waals surface area contributed by atoms with Crippen molar-refractivity contribution in [2.75, 3.05) is 26.4 Å². The molecule has 1 amide bonds. The zero-order chi connectivity index (χ0) is 81.0. The number of unbranched alkanes of at least 4 members (excludes halogenated alkanes) is 65. The molecule has 17 unspecified atom stereocenters. The quantitative estimate of drug-likeness (QED) is 0.0252. The summed E-state index contributed by atoms with van der Waals surface area (Å²) in [7, 11) is 0. The summed E-state index contributed by atoms with van der Waals surface area (Å²) in [6.45, 7) is 1.90. The number of hydrogen-bond acceptors (Lipinski definition) is 18. The summed E-state index contributed by atoms with van der Waals surface area (Å²) in [6.07, 6.45) is 63.8. The first-order valence-electron chi connectivity index (χ1n) is 48.3. The van der Waals surface area contributed by atoms with Crippen LogP contribution in [-0.4, -0.2) is 193 Å². The van der Waals surface area contributed by atoms with Gasteiger partial charge in [0.15, 0.2) is 18.9 Å². The van der Waals surface area contributed by atoms with Gasteiger partial charge in [0, 0.05) is 6.42 Å². The Morgan fingerprint density at radius 2 is 0.509 bits per heavy atom. The normalized spacial score (nSPS) is 24.8. The Morgan fingerprint density at radius 1 is 0.286 bits per heavy atom. The van der Waals surface area contributed by atoms with Gasteiger partial charge in [-0.05, 0) is 12.8 Å². The molecule has 0 radical (unpaired) electrons. The van der Waals surface area contributed by atoms with Gasteiger partial charge in [0.25, 0.3) is 0 Å². The second kappa shape index (κ2) is 73.7. The third-order valence-corrected chi connectivity index (χ3v) is 24.7. The fraction of sp³-hybridized carbons (Fsp3) is 0.989. The van der Waals surface area contributed by atoms with E-state index < -0.39 is 124 Å². The van der Waals surface area contributed by atoms with Crippen LogP contribution in [0.15, 0.2) is 0 Å². The van der Waals surface area contributed by atoms with Crippen molar-refractivity contribution in [2.24, 2.45) is 0 Å². The van der Waals surface area contributed by atoms with Crippen LogP contribution >= 0.6 is 0 Å².